The zero-order chi connectivity index (χ0) is 2.00. The molecular formula is H2AlCuFeNi. The normalized spacial score (nSPS) is 1.25. The van der Waals surface area contributed by atoms with E-state index < -0.39 is 0 Å². The molecule has 34 valence electrons. The molecule has 1 radical (unpaired) electrons. The Labute approximate surface area is 61.6 Å². The Bertz CT molecular complexity index is 8.00. The van der Waals surface area contributed by atoms with Gasteiger partial charge in [0, 0.05) is 33.6 Å². The Kier molecular flexibility index (Phi) is 81.3. The fourth-order valence-corrected chi connectivity index (χ4v) is 0. The van der Waals surface area contributed by atoms with Crippen LogP contribution in [0.15, 0.2) is 0 Å². The van der Waals surface area contributed by atoms with Gasteiger partial charge < -0.3 is 0 Å². The first-order chi connectivity index (χ1) is 1.00. The molecule has 0 aliphatic carbocycles. The van der Waals surface area contributed by atoms with Gasteiger partial charge in [-0.1, -0.05) is 0 Å². The first-order valence-electron chi connectivity index (χ1n) is 0.354. The van der Waals surface area contributed by atoms with Gasteiger partial charge in [0.05, 0.1) is 0 Å². The third kappa shape index (κ3) is 8.96. The molecule has 0 N–H and O–H groups in total. The molecular weight excluding hydrogens is 205 g/mol. The minimum atomic E-state index is 0. The van der Waals surface area contributed by atoms with Crippen molar-refractivity contribution in [1.82, 2.24) is 0 Å². The fraction of sp³-hybridized carbons (Fsp3) is 0. The van der Waals surface area contributed by atoms with E-state index in [1.165, 1.54) is 0 Å². The second-order valence-corrected chi connectivity index (χ2v) is 0. The van der Waals surface area contributed by atoms with Crippen LogP contribution in [-0.4, -0.2) is 14.4 Å². The van der Waals surface area contributed by atoms with Crippen molar-refractivity contribution in [1.29, 1.82) is 0 Å². The van der Waals surface area contributed by atoms with Gasteiger partial charge in [0.15, 0.2) is 0 Å². The van der Waals surface area contributed by atoms with Crippen molar-refractivity contribution >= 4 is 14.4 Å². The van der Waals surface area contributed by atoms with Crippen molar-refractivity contribution in [2.45, 2.75) is 0 Å². The van der Waals surface area contributed by atoms with E-state index in [9.17, 15) is 0 Å². The molecule has 0 fully saturated rings. The smallest absolute Gasteiger partial charge is 0 e. The molecule has 0 amide bonds. The summed E-state index contributed by atoms with van der Waals surface area (Å²) in [4.78, 5) is 0. The molecule has 0 aliphatic rings. The standard InChI is InChI=1S/Al.Cu.Fe.Ni.2H. The third-order valence-electron chi connectivity index (χ3n) is 0. The van der Waals surface area contributed by atoms with Crippen molar-refractivity contribution in [3.05, 3.63) is 0 Å². The summed E-state index contributed by atoms with van der Waals surface area (Å²) in [6.07, 6.45) is 0. The molecule has 0 bridgehead atoms. The molecule has 0 saturated heterocycles. The van der Waals surface area contributed by atoms with Crippen molar-refractivity contribution in [2.24, 2.45) is 0 Å². The van der Waals surface area contributed by atoms with E-state index in [-0.39, 0.29) is 33.6 Å². The van der Waals surface area contributed by atoms with Gasteiger partial charge in [-0.3, -0.25) is 0 Å². The summed E-state index contributed by atoms with van der Waals surface area (Å²) in [7, 11) is 0. The Morgan fingerprint density at radius 3 is 1.25 bits per heavy atom. The van der Waals surface area contributed by atoms with Crippen LogP contribution in [0.3, 0.4) is 0 Å². The van der Waals surface area contributed by atoms with Gasteiger partial charge in [0.25, 0.3) is 0 Å². The van der Waals surface area contributed by atoms with Gasteiger partial charge in [-0.05, 0) is 0 Å². The summed E-state index contributed by atoms with van der Waals surface area (Å²) in [5, 5.41) is 0. The molecule has 0 aromatic rings. The van der Waals surface area contributed by atoms with Crippen LogP contribution in [0.25, 0.3) is 0 Å². The van der Waals surface area contributed by atoms with E-state index in [1.54, 1.807) is 0 Å². The van der Waals surface area contributed by atoms with Gasteiger partial charge in [-0.2, -0.15) is 0 Å². The van der Waals surface area contributed by atoms with Crippen LogP contribution in [0, 0.1) is 0 Å². The van der Waals surface area contributed by atoms with Crippen LogP contribution < -0.4 is 0 Å². The topological polar surface area (TPSA) is 0 Å². The zero-order valence-corrected chi connectivity index (χ0v) is 7.00. The average molecular weight is 207 g/mol. The monoisotopic (exact) mass is 206 g/mol. The van der Waals surface area contributed by atoms with E-state index in [0.29, 0.717) is 0 Å². The maximum Gasteiger partial charge on any atom is 0 e. The Morgan fingerprint density at radius 1 is 1.25 bits per heavy atom. The van der Waals surface area contributed by atoms with Crippen LogP contribution in [0.2, 0.25) is 0 Å². The van der Waals surface area contributed by atoms with Crippen LogP contribution >= 0.6 is 0 Å². The molecule has 0 aromatic carbocycles. The maximum absolute atomic E-state index is 3.39. The third-order valence-corrected chi connectivity index (χ3v) is 0. The predicted molar refractivity (Wildman–Crippen MR) is 8.54 cm³/mol. The van der Waals surface area contributed by atoms with E-state index >= 15 is 0 Å². The molecule has 0 nitrogen and oxygen atoms in total. The number of rotatable bonds is 0. The quantitative estimate of drug-likeness (QED) is 0.450. The van der Waals surface area contributed by atoms with Gasteiger partial charge in [0.1, 0.15) is 0 Å². The van der Waals surface area contributed by atoms with E-state index in [4.69, 9.17) is 0 Å². The van der Waals surface area contributed by atoms with Gasteiger partial charge in [-0.15, -0.1) is 0 Å². The first kappa shape index (κ1) is 16.6. The Hall–Kier alpha value is 2.06. The molecule has 0 rings (SSSR count). The van der Waals surface area contributed by atoms with Crippen molar-refractivity contribution in [2.75, 3.05) is 0 Å². The summed E-state index contributed by atoms with van der Waals surface area (Å²) in [6, 6.07) is 0. The zero-order valence-electron chi connectivity index (χ0n) is 1.97. The Balaban J connectivity index is -0.00000000500. The SMILES string of the molecule is [AlH2][Fe].[Cu].[Ni]. The predicted octanol–water partition coefficient (Wildman–Crippen LogP) is -0.924. The summed E-state index contributed by atoms with van der Waals surface area (Å²) in [5.74, 6) is 0. The van der Waals surface area contributed by atoms with Gasteiger partial charge in [0.2, 0.25) is 0 Å². The second-order valence-electron chi connectivity index (χ2n) is 0. The van der Waals surface area contributed by atoms with Gasteiger partial charge in [-0.25, -0.2) is 0 Å². The second kappa shape index (κ2) is 19.6. The molecule has 0 spiro atoms. The largest absolute Gasteiger partial charge is 0 e. The van der Waals surface area contributed by atoms with E-state index in [1.807, 2.05) is 0 Å². The fourth-order valence-electron chi connectivity index (χ4n) is 0. The van der Waals surface area contributed by atoms with Crippen LogP contribution in [-0.2, 0) is 47.7 Å². The molecule has 0 atom stereocenters. The van der Waals surface area contributed by atoms with Crippen LogP contribution in [0.4, 0.5) is 0 Å². The van der Waals surface area contributed by atoms with E-state index in [2.05, 4.69) is 14.1 Å². The summed E-state index contributed by atoms with van der Waals surface area (Å²) < 4.78 is 0. The minimum Gasteiger partial charge on any atom is 0 e. The molecule has 0 aliphatic heterocycles. The molecule has 4 heavy (non-hydrogen) atoms. The summed E-state index contributed by atoms with van der Waals surface area (Å²) >= 11 is 4.44. The van der Waals surface area contributed by atoms with Crippen LogP contribution in [0.5, 0.6) is 0 Å². The summed E-state index contributed by atoms with van der Waals surface area (Å²) in [5.41, 5.74) is 0. The van der Waals surface area contributed by atoms with Gasteiger partial charge >= 0.3 is 28.6 Å². The summed E-state index contributed by atoms with van der Waals surface area (Å²) in [6.45, 7) is 0. The number of hydrogen-bond acceptors (Lipinski definition) is 0. The molecule has 0 unspecified atom stereocenters. The van der Waals surface area contributed by atoms with Crippen molar-refractivity contribution in [3.8, 4) is 0 Å². The maximum atomic E-state index is 3.39. The van der Waals surface area contributed by atoms with Crippen LogP contribution in [0.1, 0.15) is 0 Å². The minimum absolute atomic E-state index is 0. The Morgan fingerprint density at radius 2 is 1.25 bits per heavy atom. The molecule has 0 aromatic heterocycles. The van der Waals surface area contributed by atoms with E-state index in [0.717, 1.165) is 14.4 Å². The van der Waals surface area contributed by atoms with Crippen molar-refractivity contribution in [3.63, 3.8) is 0 Å². The molecule has 0 saturated carbocycles. The molecule has 0 heterocycles. The first-order valence-corrected chi connectivity index (χ1v) is 4.37. The number of hydrogen-bond donors (Lipinski definition) is 0. The average Bonchev–Trinajstić information content (AvgIpc) is 1.00. The molecule has 4 heteroatoms. The van der Waals surface area contributed by atoms with Crippen molar-refractivity contribution < 1.29 is 47.7 Å².